The molecule has 3 rings (SSSR count). The van der Waals surface area contributed by atoms with Crippen LogP contribution in [0, 0.1) is 24.6 Å². The molecule has 1 saturated heterocycles. The van der Waals surface area contributed by atoms with Gasteiger partial charge in [-0.3, -0.25) is 4.79 Å². The van der Waals surface area contributed by atoms with Crippen molar-refractivity contribution in [2.24, 2.45) is 11.8 Å². The molecule has 1 aliphatic rings. The molecule has 0 aromatic heterocycles. The second-order valence-corrected chi connectivity index (χ2v) is 8.65. The quantitative estimate of drug-likeness (QED) is 0.588. The van der Waals surface area contributed by atoms with Crippen LogP contribution in [0.3, 0.4) is 0 Å². The third-order valence-corrected chi connectivity index (χ3v) is 6.43. The van der Waals surface area contributed by atoms with E-state index in [4.69, 9.17) is 4.74 Å². The molecule has 2 atom stereocenters. The SMILES string of the molecule is Cc1cc(F)ccc1C(C(=O)N1CCCCC1)C(COCc1ccccc1)C(CO)CO. The summed E-state index contributed by atoms with van der Waals surface area (Å²) in [4.78, 5) is 15.6. The van der Waals surface area contributed by atoms with E-state index in [1.807, 2.05) is 35.2 Å². The number of rotatable bonds is 10. The largest absolute Gasteiger partial charge is 0.396 e. The topological polar surface area (TPSA) is 70.0 Å². The van der Waals surface area contributed by atoms with Gasteiger partial charge in [-0.15, -0.1) is 0 Å². The number of ether oxygens (including phenoxy) is 1. The summed E-state index contributed by atoms with van der Waals surface area (Å²) in [5, 5.41) is 20.0. The maximum Gasteiger partial charge on any atom is 0.230 e. The summed E-state index contributed by atoms with van der Waals surface area (Å²) >= 11 is 0. The fraction of sp³-hybridized carbons (Fsp3) is 0.500. The molecule has 1 heterocycles. The van der Waals surface area contributed by atoms with Gasteiger partial charge in [0, 0.05) is 38.1 Å². The molecule has 6 heteroatoms. The van der Waals surface area contributed by atoms with E-state index in [1.54, 1.807) is 13.0 Å². The highest BCUT2D eigenvalue weighted by atomic mass is 19.1. The van der Waals surface area contributed by atoms with Crippen molar-refractivity contribution in [3.8, 4) is 0 Å². The third kappa shape index (κ3) is 6.15. The minimum atomic E-state index is -0.631. The number of nitrogens with zero attached hydrogens (tertiary/aromatic N) is 1. The minimum absolute atomic E-state index is 0.0420. The molecule has 0 saturated carbocycles. The van der Waals surface area contributed by atoms with Crippen molar-refractivity contribution >= 4 is 5.91 Å². The summed E-state index contributed by atoms with van der Waals surface area (Å²) in [5.74, 6) is -2.01. The Morgan fingerprint density at radius 2 is 1.75 bits per heavy atom. The van der Waals surface area contributed by atoms with Crippen LogP contribution in [0.1, 0.15) is 41.9 Å². The highest BCUT2D eigenvalue weighted by molar-refractivity contribution is 5.84. The van der Waals surface area contributed by atoms with E-state index in [0.29, 0.717) is 25.3 Å². The minimum Gasteiger partial charge on any atom is -0.396 e. The second kappa shape index (κ2) is 12.1. The number of hydrogen-bond acceptors (Lipinski definition) is 4. The number of likely N-dealkylation sites (tertiary alicyclic amines) is 1. The Morgan fingerprint density at radius 1 is 1.06 bits per heavy atom. The molecule has 2 aromatic rings. The van der Waals surface area contributed by atoms with Gasteiger partial charge in [0.15, 0.2) is 0 Å². The first-order chi connectivity index (χ1) is 15.5. The number of hydrogen-bond donors (Lipinski definition) is 2. The highest BCUT2D eigenvalue weighted by Gasteiger charge is 2.38. The Labute approximate surface area is 189 Å². The van der Waals surface area contributed by atoms with Crippen LogP contribution in [0.4, 0.5) is 4.39 Å². The van der Waals surface area contributed by atoms with Crippen LogP contribution in [0.2, 0.25) is 0 Å². The molecule has 2 aromatic carbocycles. The summed E-state index contributed by atoms with van der Waals surface area (Å²) in [7, 11) is 0. The summed E-state index contributed by atoms with van der Waals surface area (Å²) in [6.45, 7) is 3.21. The Morgan fingerprint density at radius 3 is 2.38 bits per heavy atom. The monoisotopic (exact) mass is 443 g/mol. The Bertz CT molecular complexity index is 850. The third-order valence-electron chi connectivity index (χ3n) is 6.43. The van der Waals surface area contributed by atoms with Crippen LogP contribution in [0.25, 0.3) is 0 Å². The average Bonchev–Trinajstić information content (AvgIpc) is 2.82. The summed E-state index contributed by atoms with van der Waals surface area (Å²) in [5.41, 5.74) is 2.41. The number of aliphatic hydroxyl groups excluding tert-OH is 2. The number of amides is 1. The van der Waals surface area contributed by atoms with Gasteiger partial charge in [-0.05, 0) is 55.0 Å². The number of carbonyl (C=O) groups excluding carboxylic acids is 1. The van der Waals surface area contributed by atoms with Crippen molar-refractivity contribution in [3.05, 3.63) is 71.0 Å². The number of halogens is 1. The van der Waals surface area contributed by atoms with E-state index in [0.717, 1.165) is 30.4 Å². The lowest BCUT2D eigenvalue weighted by Crippen LogP contribution is -2.44. The van der Waals surface area contributed by atoms with Gasteiger partial charge in [0.25, 0.3) is 0 Å². The lowest BCUT2D eigenvalue weighted by Gasteiger charge is -2.37. The molecule has 0 radical (unpaired) electrons. The fourth-order valence-corrected chi connectivity index (χ4v) is 4.57. The van der Waals surface area contributed by atoms with Gasteiger partial charge in [-0.2, -0.15) is 0 Å². The number of carbonyl (C=O) groups is 1. The van der Waals surface area contributed by atoms with Crippen LogP contribution >= 0.6 is 0 Å². The Kier molecular flexibility index (Phi) is 9.21. The number of aryl methyl sites for hydroxylation is 1. The first-order valence-electron chi connectivity index (χ1n) is 11.4. The molecule has 1 fully saturated rings. The zero-order chi connectivity index (χ0) is 22.9. The van der Waals surface area contributed by atoms with Gasteiger partial charge < -0.3 is 19.8 Å². The molecule has 0 aliphatic carbocycles. The van der Waals surface area contributed by atoms with E-state index >= 15 is 0 Å². The second-order valence-electron chi connectivity index (χ2n) is 8.65. The predicted molar refractivity (Wildman–Crippen MR) is 122 cm³/mol. The lowest BCUT2D eigenvalue weighted by molar-refractivity contribution is -0.137. The molecule has 1 amide bonds. The van der Waals surface area contributed by atoms with Gasteiger partial charge >= 0.3 is 0 Å². The summed E-state index contributed by atoms with van der Waals surface area (Å²) in [6, 6.07) is 14.2. The molecular weight excluding hydrogens is 409 g/mol. The highest BCUT2D eigenvalue weighted by Crippen LogP contribution is 2.35. The molecule has 174 valence electrons. The van der Waals surface area contributed by atoms with Crippen molar-refractivity contribution in [1.29, 1.82) is 0 Å². The van der Waals surface area contributed by atoms with E-state index in [-0.39, 0.29) is 31.5 Å². The van der Waals surface area contributed by atoms with Gasteiger partial charge in [0.05, 0.1) is 19.1 Å². The first-order valence-corrected chi connectivity index (χ1v) is 11.4. The van der Waals surface area contributed by atoms with Crippen LogP contribution in [0.5, 0.6) is 0 Å². The van der Waals surface area contributed by atoms with Crippen molar-refractivity contribution in [1.82, 2.24) is 4.90 Å². The zero-order valence-corrected chi connectivity index (χ0v) is 18.8. The zero-order valence-electron chi connectivity index (χ0n) is 18.8. The van der Waals surface area contributed by atoms with E-state index in [1.165, 1.54) is 12.1 Å². The van der Waals surface area contributed by atoms with Crippen LogP contribution in [-0.4, -0.2) is 53.9 Å². The van der Waals surface area contributed by atoms with Crippen molar-refractivity contribution in [2.45, 2.75) is 38.7 Å². The standard InChI is InChI=1S/C26H34FNO4/c1-19-14-22(27)10-11-23(19)25(26(31)28-12-6-3-7-13-28)24(21(15-29)16-30)18-32-17-20-8-4-2-5-9-20/h2,4-5,8-11,14,21,24-25,29-30H,3,6-7,12-13,15-18H2,1H3. The van der Waals surface area contributed by atoms with Gasteiger partial charge in [-0.25, -0.2) is 4.39 Å². The maximum atomic E-state index is 13.8. The molecule has 2 N–H and O–H groups in total. The van der Waals surface area contributed by atoms with Crippen molar-refractivity contribution in [2.75, 3.05) is 32.9 Å². The van der Waals surface area contributed by atoms with E-state index in [9.17, 15) is 19.4 Å². The Balaban J connectivity index is 1.92. The summed E-state index contributed by atoms with van der Waals surface area (Å²) in [6.07, 6.45) is 3.02. The van der Waals surface area contributed by atoms with Gasteiger partial charge in [-0.1, -0.05) is 36.4 Å². The normalized spacial score (nSPS) is 16.2. The smallest absolute Gasteiger partial charge is 0.230 e. The molecule has 5 nitrogen and oxygen atoms in total. The van der Waals surface area contributed by atoms with E-state index in [2.05, 4.69) is 0 Å². The van der Waals surface area contributed by atoms with Gasteiger partial charge in [0.2, 0.25) is 5.91 Å². The summed E-state index contributed by atoms with van der Waals surface area (Å²) < 4.78 is 19.9. The number of benzene rings is 2. The van der Waals surface area contributed by atoms with Gasteiger partial charge in [0.1, 0.15) is 5.82 Å². The molecule has 32 heavy (non-hydrogen) atoms. The molecule has 0 bridgehead atoms. The average molecular weight is 444 g/mol. The number of piperidine rings is 1. The van der Waals surface area contributed by atoms with Crippen LogP contribution in [0.15, 0.2) is 48.5 Å². The van der Waals surface area contributed by atoms with Crippen LogP contribution in [-0.2, 0) is 16.1 Å². The first kappa shape index (κ1) is 24.4. The lowest BCUT2D eigenvalue weighted by atomic mass is 9.76. The van der Waals surface area contributed by atoms with Crippen LogP contribution < -0.4 is 0 Å². The molecule has 0 spiro atoms. The fourth-order valence-electron chi connectivity index (χ4n) is 4.57. The maximum absolute atomic E-state index is 13.8. The molecular formula is C26H34FNO4. The van der Waals surface area contributed by atoms with Crippen molar-refractivity contribution in [3.63, 3.8) is 0 Å². The number of aliphatic hydroxyl groups is 2. The Hall–Kier alpha value is -2.28. The predicted octanol–water partition coefficient (Wildman–Crippen LogP) is 3.66. The van der Waals surface area contributed by atoms with E-state index < -0.39 is 17.8 Å². The molecule has 1 aliphatic heterocycles. The van der Waals surface area contributed by atoms with Crippen molar-refractivity contribution < 1.29 is 24.1 Å². The molecule has 2 unspecified atom stereocenters.